The van der Waals surface area contributed by atoms with E-state index < -0.39 is 30.1 Å². The van der Waals surface area contributed by atoms with Crippen LogP contribution < -0.4 is 9.47 Å². The second-order valence-electron chi connectivity index (χ2n) is 16.7. The lowest BCUT2D eigenvalue weighted by molar-refractivity contribution is -0.255. The van der Waals surface area contributed by atoms with Crippen molar-refractivity contribution in [2.45, 2.75) is 108 Å². The lowest BCUT2D eigenvalue weighted by atomic mass is 9.55. The standard InChI is InChI=1S/C50H64N2O9/c1-4-7-29-57-49(55)52(25-5-2)45-34-43(51-61-46-20-12-15-30-56-46)41-32-37(18-10-13-26-53)40(19-11-14-27-54)47-42-33-39(59-38-22-21-35-16-8-9-17-36(35)31-38)23-24-44(42)60-50(45,48(41)47)58-28-6-3/h4,6,8-9,16-17,21-24,31-33,37,40,45-48,53-54H,1,3,5,7,10-15,18-20,25-30,34H2,2H3/t37-,40+,45-,46?,47+,48+,50+/m0/s1. The first-order chi connectivity index (χ1) is 29.9. The third-order valence-corrected chi connectivity index (χ3v) is 12.6. The largest absolute Gasteiger partial charge is 0.459 e. The highest BCUT2D eigenvalue weighted by Crippen LogP contribution is 2.62. The first kappa shape index (κ1) is 44.4. The van der Waals surface area contributed by atoms with Crippen molar-refractivity contribution in [3.8, 4) is 17.2 Å². The minimum Gasteiger partial charge on any atom is -0.459 e. The van der Waals surface area contributed by atoms with Crippen molar-refractivity contribution in [1.82, 2.24) is 4.90 Å². The summed E-state index contributed by atoms with van der Waals surface area (Å²) >= 11 is 0. The predicted molar refractivity (Wildman–Crippen MR) is 237 cm³/mol. The Kier molecular flexibility index (Phi) is 15.6. The van der Waals surface area contributed by atoms with E-state index in [1.54, 1.807) is 17.1 Å². The monoisotopic (exact) mass is 836 g/mol. The van der Waals surface area contributed by atoms with Crippen molar-refractivity contribution in [3.05, 3.63) is 103 Å². The summed E-state index contributed by atoms with van der Waals surface area (Å²) in [5, 5.41) is 27.1. The highest BCUT2D eigenvalue weighted by molar-refractivity contribution is 6.03. The second kappa shape index (κ2) is 21.4. The van der Waals surface area contributed by atoms with Gasteiger partial charge in [0, 0.05) is 44.1 Å². The molecule has 61 heavy (non-hydrogen) atoms. The van der Waals surface area contributed by atoms with Crippen LogP contribution in [0.4, 0.5) is 4.79 Å². The van der Waals surface area contributed by atoms with Crippen LogP contribution in [0.3, 0.4) is 0 Å². The molecule has 0 spiro atoms. The van der Waals surface area contributed by atoms with E-state index in [0.717, 1.165) is 78.3 Å². The molecule has 2 fully saturated rings. The van der Waals surface area contributed by atoms with E-state index in [2.05, 4.69) is 49.6 Å². The molecule has 1 amide bonds. The molecule has 2 aliphatic carbocycles. The first-order valence-corrected chi connectivity index (χ1v) is 22.5. The van der Waals surface area contributed by atoms with Crippen LogP contribution in [0, 0.1) is 17.8 Å². The molecule has 1 unspecified atom stereocenters. The molecular formula is C50H64N2O9. The van der Waals surface area contributed by atoms with Crippen LogP contribution in [-0.4, -0.2) is 84.6 Å². The van der Waals surface area contributed by atoms with Gasteiger partial charge >= 0.3 is 6.09 Å². The van der Waals surface area contributed by atoms with Gasteiger partial charge in [-0.05, 0) is 110 Å². The summed E-state index contributed by atoms with van der Waals surface area (Å²) in [5.74, 6) is 0.219. The Hall–Kier alpha value is -4.68. The molecule has 0 radical (unpaired) electrons. The zero-order valence-electron chi connectivity index (χ0n) is 35.8. The third-order valence-electron chi connectivity index (χ3n) is 12.6. The number of fused-ring (bicyclic) bond motifs is 3. The summed E-state index contributed by atoms with van der Waals surface area (Å²) in [7, 11) is 0. The Balaban J connectivity index is 1.42. The number of carbonyl (C=O) groups is 1. The Morgan fingerprint density at radius 3 is 2.51 bits per heavy atom. The van der Waals surface area contributed by atoms with Crippen LogP contribution in [0.25, 0.3) is 10.8 Å². The Labute approximate surface area is 361 Å². The number of ether oxygens (including phenoxy) is 5. The smallest absolute Gasteiger partial charge is 0.410 e. The van der Waals surface area contributed by atoms with E-state index in [1.807, 2.05) is 37.3 Å². The van der Waals surface area contributed by atoms with Crippen LogP contribution in [0.5, 0.6) is 17.2 Å². The van der Waals surface area contributed by atoms with Crippen molar-refractivity contribution < 1.29 is 43.5 Å². The average molecular weight is 837 g/mol. The highest BCUT2D eigenvalue weighted by atomic mass is 16.8. The van der Waals surface area contributed by atoms with Crippen molar-refractivity contribution >= 4 is 22.6 Å². The number of aliphatic hydroxyl groups is 2. The number of allylic oxidation sites excluding steroid dienone is 1. The normalized spacial score (nSPS) is 26.0. The van der Waals surface area contributed by atoms with E-state index in [1.165, 1.54) is 0 Å². The summed E-state index contributed by atoms with van der Waals surface area (Å²) in [5.41, 5.74) is 2.68. The highest BCUT2D eigenvalue weighted by Gasteiger charge is 2.65. The van der Waals surface area contributed by atoms with Gasteiger partial charge in [0.15, 0.2) is 0 Å². The summed E-state index contributed by atoms with van der Waals surface area (Å²) in [6.45, 7) is 11.5. The molecule has 3 aromatic rings. The van der Waals surface area contributed by atoms with E-state index in [0.29, 0.717) is 50.3 Å². The van der Waals surface area contributed by atoms with Crippen LogP contribution in [0.2, 0.25) is 0 Å². The molecule has 3 aromatic carbocycles. The molecule has 2 heterocycles. The van der Waals surface area contributed by atoms with Gasteiger partial charge in [0.05, 0.1) is 31.5 Å². The molecule has 11 heteroatoms. The zero-order valence-corrected chi connectivity index (χ0v) is 35.8. The number of aliphatic hydroxyl groups excluding tert-OH is 2. The molecule has 7 atom stereocenters. The Morgan fingerprint density at radius 1 is 0.967 bits per heavy atom. The topological polar surface area (TPSA) is 129 Å². The van der Waals surface area contributed by atoms with Crippen LogP contribution in [0.1, 0.15) is 95.5 Å². The van der Waals surface area contributed by atoms with Gasteiger partial charge in [0.1, 0.15) is 23.3 Å². The van der Waals surface area contributed by atoms with Crippen molar-refractivity contribution in [3.63, 3.8) is 0 Å². The fourth-order valence-electron chi connectivity index (χ4n) is 9.92. The first-order valence-electron chi connectivity index (χ1n) is 22.5. The van der Waals surface area contributed by atoms with Crippen LogP contribution >= 0.6 is 0 Å². The number of amides is 1. The number of hydrogen-bond donors (Lipinski definition) is 2. The lowest BCUT2D eigenvalue weighted by Crippen LogP contribution is -2.70. The van der Waals surface area contributed by atoms with Crippen LogP contribution in [0.15, 0.2) is 103 Å². The van der Waals surface area contributed by atoms with Gasteiger partial charge < -0.3 is 38.7 Å². The van der Waals surface area contributed by atoms with Crippen molar-refractivity contribution in [2.24, 2.45) is 22.9 Å². The maximum Gasteiger partial charge on any atom is 0.410 e. The second-order valence-corrected chi connectivity index (χ2v) is 16.7. The number of unbranched alkanes of at least 4 members (excludes halogenated alkanes) is 2. The summed E-state index contributed by atoms with van der Waals surface area (Å²) in [6.07, 6.45) is 13.8. The molecule has 4 aliphatic rings. The number of oxime groups is 1. The minimum atomic E-state index is -1.38. The van der Waals surface area contributed by atoms with Gasteiger partial charge in [0.25, 0.3) is 0 Å². The quantitative estimate of drug-likeness (QED) is 0.0612. The zero-order chi connectivity index (χ0) is 42.6. The van der Waals surface area contributed by atoms with E-state index in [9.17, 15) is 15.0 Å². The molecule has 328 valence electrons. The number of carbonyl (C=O) groups excluding carboxylic acids is 1. The molecular weight excluding hydrogens is 773 g/mol. The SMILES string of the molecule is C=CCCOC(=O)N(CCC)[C@H]1CC(=NOC2CCCCO2)C2=C[C@H](CCCCO)[C@@H](CCCCO)[C@@H]3c4cc(Oc5ccc6ccccc6c5)ccc4O[C@@]1(OCC=C)[C@H]23. The van der Waals surface area contributed by atoms with Crippen molar-refractivity contribution in [2.75, 3.05) is 39.6 Å². The summed E-state index contributed by atoms with van der Waals surface area (Å²) in [6, 6.07) is 19.7. The van der Waals surface area contributed by atoms with E-state index >= 15 is 0 Å². The summed E-state index contributed by atoms with van der Waals surface area (Å²) < 4.78 is 33.0. The van der Waals surface area contributed by atoms with Gasteiger partial charge in [-0.25, -0.2) is 4.79 Å². The van der Waals surface area contributed by atoms with Gasteiger partial charge in [-0.2, -0.15) is 0 Å². The maximum atomic E-state index is 14.3. The molecule has 2 N–H and O–H groups in total. The number of benzene rings is 3. The molecule has 1 saturated heterocycles. The number of rotatable bonds is 21. The average Bonchev–Trinajstić information content (AvgIpc) is 3.28. The van der Waals surface area contributed by atoms with Gasteiger partial charge in [0.2, 0.25) is 12.1 Å². The summed E-state index contributed by atoms with van der Waals surface area (Å²) in [4.78, 5) is 22.3. The van der Waals surface area contributed by atoms with Gasteiger partial charge in [-0.3, -0.25) is 4.90 Å². The minimum absolute atomic E-state index is 0.0750. The molecule has 7 rings (SSSR count). The van der Waals surface area contributed by atoms with Gasteiger partial charge in [-0.15, -0.1) is 13.2 Å². The van der Waals surface area contributed by atoms with Crippen LogP contribution in [-0.2, 0) is 19.0 Å². The maximum absolute atomic E-state index is 14.3. The molecule has 11 nitrogen and oxygen atoms in total. The fourth-order valence-corrected chi connectivity index (χ4v) is 9.92. The van der Waals surface area contributed by atoms with Gasteiger partial charge in [-0.1, -0.05) is 73.5 Å². The molecule has 0 bridgehead atoms. The van der Waals surface area contributed by atoms with Crippen molar-refractivity contribution in [1.29, 1.82) is 0 Å². The number of nitrogens with zero attached hydrogens (tertiary/aromatic N) is 2. The fraction of sp³-hybridized carbons (Fsp3) is 0.520. The predicted octanol–water partition coefficient (Wildman–Crippen LogP) is 10.2. The molecule has 1 saturated carbocycles. The molecule has 0 aromatic heterocycles. The Morgan fingerprint density at radius 2 is 1.75 bits per heavy atom. The molecule has 2 aliphatic heterocycles. The Bertz CT molecular complexity index is 2010. The van der Waals surface area contributed by atoms with E-state index in [4.69, 9.17) is 33.7 Å². The third kappa shape index (κ3) is 10.0. The van der Waals surface area contributed by atoms with E-state index in [-0.39, 0.29) is 50.6 Å². The lowest BCUT2D eigenvalue weighted by Gasteiger charge is -2.60. The number of hydrogen-bond acceptors (Lipinski definition) is 10.